The number of hydrogen-bond donors (Lipinski definition) is 2. The lowest BCUT2D eigenvalue weighted by Crippen LogP contribution is -2.37. The fourth-order valence-electron chi connectivity index (χ4n) is 3.98. The van der Waals surface area contributed by atoms with Gasteiger partial charge < -0.3 is 15.4 Å². The maximum absolute atomic E-state index is 13.7. The lowest BCUT2D eigenvalue weighted by molar-refractivity contribution is 0.0973. The number of hydrogen-bond acceptors (Lipinski definition) is 8. The zero-order valence-corrected chi connectivity index (χ0v) is 22.2. The summed E-state index contributed by atoms with van der Waals surface area (Å²) in [5, 5.41) is 8.83. The van der Waals surface area contributed by atoms with Crippen molar-refractivity contribution in [2.45, 2.75) is 20.1 Å². The van der Waals surface area contributed by atoms with Gasteiger partial charge in [-0.2, -0.15) is 0 Å². The van der Waals surface area contributed by atoms with E-state index in [4.69, 9.17) is 27.9 Å². The Kier molecular flexibility index (Phi) is 5.84. The van der Waals surface area contributed by atoms with Crippen molar-refractivity contribution < 1.29 is 9.53 Å². The Bertz CT molecular complexity index is 1710. The summed E-state index contributed by atoms with van der Waals surface area (Å²) in [6.07, 6.45) is 0.876. The lowest BCUT2D eigenvalue weighted by Gasteiger charge is -2.28. The number of halogens is 2. The van der Waals surface area contributed by atoms with Gasteiger partial charge >= 0.3 is 0 Å². The number of anilines is 2. The second-order valence-corrected chi connectivity index (χ2v) is 11.2. The Balaban J connectivity index is 1.39. The van der Waals surface area contributed by atoms with Crippen LogP contribution in [0, 0.1) is 13.8 Å². The molecule has 0 saturated carbocycles. The van der Waals surface area contributed by atoms with E-state index in [0.717, 1.165) is 20.5 Å². The first kappa shape index (κ1) is 23.2. The fraction of sp³-hybridized carbons (Fsp3) is 0.115. The zero-order valence-electron chi connectivity index (χ0n) is 19.1. The van der Waals surface area contributed by atoms with Gasteiger partial charge in [-0.1, -0.05) is 58.0 Å². The first-order chi connectivity index (χ1) is 17.4. The third-order valence-corrected chi connectivity index (χ3v) is 8.49. The lowest BCUT2D eigenvalue weighted by atomic mass is 9.95. The van der Waals surface area contributed by atoms with Gasteiger partial charge in [0.05, 0.1) is 30.6 Å². The number of fused-ring (bicyclic) bond motifs is 3. The number of carbonyl (C=O) groups is 1. The van der Waals surface area contributed by atoms with Gasteiger partial charge in [0.25, 0.3) is 0 Å². The highest BCUT2D eigenvalue weighted by Crippen LogP contribution is 2.37. The molecule has 2 aromatic heterocycles. The molecule has 6 nitrogen and oxygen atoms in total. The number of ketones is 1. The molecule has 180 valence electrons. The summed E-state index contributed by atoms with van der Waals surface area (Å²) in [5.74, 6) is 0.395. The molecule has 0 radical (unpaired) electrons. The van der Waals surface area contributed by atoms with Gasteiger partial charge in [0.1, 0.15) is 16.8 Å². The van der Waals surface area contributed by atoms with E-state index in [-0.39, 0.29) is 5.78 Å². The number of thiazole rings is 2. The summed E-state index contributed by atoms with van der Waals surface area (Å²) < 4.78 is 8.19. The van der Waals surface area contributed by atoms with Crippen LogP contribution in [0.3, 0.4) is 0 Å². The second kappa shape index (κ2) is 9.05. The van der Waals surface area contributed by atoms with Crippen molar-refractivity contribution in [3.63, 3.8) is 0 Å². The number of Topliss-reactive ketones (excluding diaryl/α,β-unsaturated/α-hetero) is 1. The summed E-state index contributed by atoms with van der Waals surface area (Å²) in [7, 11) is 0. The third kappa shape index (κ3) is 4.10. The molecule has 3 heterocycles. The van der Waals surface area contributed by atoms with Crippen LogP contribution < -0.4 is 15.4 Å². The molecule has 0 fully saturated rings. The van der Waals surface area contributed by atoms with Gasteiger partial charge in [-0.05, 0) is 61.4 Å². The van der Waals surface area contributed by atoms with Gasteiger partial charge in [-0.25, -0.2) is 9.97 Å². The third-order valence-electron chi connectivity index (χ3n) is 5.98. The van der Waals surface area contributed by atoms with Crippen LogP contribution in [0.2, 0.25) is 10.0 Å². The second-order valence-electron chi connectivity index (χ2n) is 8.36. The summed E-state index contributed by atoms with van der Waals surface area (Å²) in [4.78, 5) is 22.8. The number of ether oxygens (including phenoxy) is 1. The first-order valence-corrected chi connectivity index (χ1v) is 13.4. The Hall–Kier alpha value is -3.17. The molecule has 0 bridgehead atoms. The molecule has 3 aromatic carbocycles. The molecule has 0 spiro atoms. The molecule has 2 N–H and O–H groups in total. The van der Waals surface area contributed by atoms with E-state index in [1.807, 2.05) is 50.2 Å². The molecule has 1 unspecified atom stereocenters. The van der Waals surface area contributed by atoms with Gasteiger partial charge in [0, 0.05) is 6.20 Å². The quantitative estimate of drug-likeness (QED) is 0.221. The molecule has 10 heteroatoms. The van der Waals surface area contributed by atoms with Crippen LogP contribution in [0.1, 0.15) is 21.5 Å². The Morgan fingerprint density at radius 1 is 0.917 bits per heavy atom. The summed E-state index contributed by atoms with van der Waals surface area (Å²) in [5.41, 5.74) is 4.41. The molecular formula is C26H18Cl2N4O2S2. The summed E-state index contributed by atoms with van der Waals surface area (Å²) in [6.45, 7) is 3.97. The zero-order chi connectivity index (χ0) is 25.0. The Morgan fingerprint density at radius 2 is 1.53 bits per heavy atom. The van der Waals surface area contributed by atoms with E-state index in [1.54, 1.807) is 18.3 Å². The summed E-state index contributed by atoms with van der Waals surface area (Å²) >= 11 is 15.5. The number of nitrogens with one attached hydrogen (secondary N) is 2. The Labute approximate surface area is 224 Å². The summed E-state index contributed by atoms with van der Waals surface area (Å²) in [6, 6.07) is 15.0. The van der Waals surface area contributed by atoms with Crippen LogP contribution in [0.25, 0.3) is 20.4 Å². The van der Waals surface area contributed by atoms with Crippen LogP contribution in [0.5, 0.6) is 5.75 Å². The van der Waals surface area contributed by atoms with Crippen molar-refractivity contribution >= 4 is 82.4 Å². The monoisotopic (exact) mass is 552 g/mol. The standard InChI is InChI=1S/C26H18Cl2N4O2S2/c1-12-9-14-18(10-13(12)2)34-24(32-26-31-22-17(28)6-4-8-20(22)36-26)15(23(14)33)11-29-25-30-21-16(27)5-3-7-19(21)35-25/h3-11,24H,1-2H3,(H,29,30)(H,31,32)/b15-11-. The topological polar surface area (TPSA) is 76.1 Å². The number of aromatic nitrogens is 2. The molecule has 0 amide bonds. The molecule has 6 rings (SSSR count). The number of para-hydroxylation sites is 2. The van der Waals surface area contributed by atoms with Crippen LogP contribution >= 0.6 is 45.9 Å². The molecule has 1 atom stereocenters. The van der Waals surface area contributed by atoms with Crippen molar-refractivity contribution in [2.75, 3.05) is 10.6 Å². The molecule has 36 heavy (non-hydrogen) atoms. The smallest absolute Gasteiger partial charge is 0.203 e. The van der Waals surface area contributed by atoms with Gasteiger partial charge in [-0.3, -0.25) is 4.79 Å². The van der Waals surface area contributed by atoms with Crippen LogP contribution in [0.4, 0.5) is 10.3 Å². The van der Waals surface area contributed by atoms with Gasteiger partial charge in [-0.15, -0.1) is 0 Å². The van der Waals surface area contributed by atoms with E-state index in [9.17, 15) is 4.79 Å². The van der Waals surface area contributed by atoms with Crippen molar-refractivity contribution in [3.05, 3.63) is 87.0 Å². The first-order valence-electron chi connectivity index (χ1n) is 11.0. The molecule has 1 aliphatic rings. The van der Waals surface area contributed by atoms with E-state index in [0.29, 0.717) is 48.2 Å². The van der Waals surface area contributed by atoms with Crippen molar-refractivity contribution in [1.82, 2.24) is 9.97 Å². The van der Waals surface area contributed by atoms with Crippen molar-refractivity contribution in [1.29, 1.82) is 0 Å². The van der Waals surface area contributed by atoms with Gasteiger partial charge in [0.2, 0.25) is 6.23 Å². The van der Waals surface area contributed by atoms with Gasteiger partial charge in [0.15, 0.2) is 16.0 Å². The number of rotatable bonds is 4. The molecule has 5 aromatic rings. The average molecular weight is 553 g/mol. The maximum atomic E-state index is 13.7. The fourth-order valence-corrected chi connectivity index (χ4v) is 6.30. The number of nitrogens with zero attached hydrogens (tertiary/aromatic N) is 2. The van der Waals surface area contributed by atoms with E-state index < -0.39 is 6.23 Å². The van der Waals surface area contributed by atoms with E-state index >= 15 is 0 Å². The van der Waals surface area contributed by atoms with Crippen molar-refractivity contribution in [2.24, 2.45) is 0 Å². The maximum Gasteiger partial charge on any atom is 0.203 e. The molecule has 1 aliphatic heterocycles. The SMILES string of the molecule is Cc1cc2c(cc1C)C(=O)/C(=C/Nc1nc3c(Cl)cccc3s1)C(Nc1nc3c(Cl)cccc3s1)O2. The number of carbonyl (C=O) groups excluding carboxylic acids is 1. The van der Waals surface area contributed by atoms with Crippen molar-refractivity contribution in [3.8, 4) is 5.75 Å². The minimum atomic E-state index is -0.767. The normalized spacial score (nSPS) is 16.4. The number of aryl methyl sites for hydroxylation is 2. The predicted octanol–water partition coefficient (Wildman–Crippen LogP) is 7.84. The highest BCUT2D eigenvalue weighted by Gasteiger charge is 2.33. The number of benzene rings is 3. The average Bonchev–Trinajstić information content (AvgIpc) is 3.46. The molecular weight excluding hydrogens is 535 g/mol. The van der Waals surface area contributed by atoms with E-state index in [2.05, 4.69) is 20.6 Å². The highest BCUT2D eigenvalue weighted by molar-refractivity contribution is 7.22. The Morgan fingerprint density at radius 3 is 2.19 bits per heavy atom. The minimum absolute atomic E-state index is 0.136. The van der Waals surface area contributed by atoms with Crippen LogP contribution in [-0.4, -0.2) is 22.0 Å². The van der Waals surface area contributed by atoms with Crippen LogP contribution in [-0.2, 0) is 0 Å². The minimum Gasteiger partial charge on any atom is -0.465 e. The van der Waals surface area contributed by atoms with Crippen LogP contribution in [0.15, 0.2) is 60.3 Å². The highest BCUT2D eigenvalue weighted by atomic mass is 35.5. The molecule has 0 saturated heterocycles. The molecule has 0 aliphatic carbocycles. The largest absolute Gasteiger partial charge is 0.465 e. The predicted molar refractivity (Wildman–Crippen MR) is 149 cm³/mol. The van der Waals surface area contributed by atoms with E-state index in [1.165, 1.54) is 22.7 Å².